The summed E-state index contributed by atoms with van der Waals surface area (Å²) in [6.07, 6.45) is 1.83. The second kappa shape index (κ2) is 6.70. The summed E-state index contributed by atoms with van der Waals surface area (Å²) >= 11 is 0. The van der Waals surface area contributed by atoms with E-state index in [1.807, 2.05) is 19.1 Å². The number of hydrogen-bond donors (Lipinski definition) is 1. The van der Waals surface area contributed by atoms with Gasteiger partial charge < -0.3 is 9.94 Å². The van der Waals surface area contributed by atoms with Crippen molar-refractivity contribution >= 4 is 5.71 Å². The van der Waals surface area contributed by atoms with Crippen molar-refractivity contribution in [2.45, 2.75) is 33.2 Å². The van der Waals surface area contributed by atoms with E-state index < -0.39 is 0 Å². The molecule has 110 valence electrons. The average Bonchev–Trinajstić information content (AvgIpc) is 2.46. The van der Waals surface area contributed by atoms with Gasteiger partial charge in [0.25, 0.3) is 0 Å². The third kappa shape index (κ3) is 3.48. The van der Waals surface area contributed by atoms with E-state index in [0.29, 0.717) is 5.92 Å². The van der Waals surface area contributed by atoms with E-state index in [-0.39, 0.29) is 0 Å². The van der Waals surface area contributed by atoms with Crippen LogP contribution in [0.15, 0.2) is 17.3 Å². The number of nitrogens with zero attached hydrogens (tertiary/aromatic N) is 3. The van der Waals surface area contributed by atoms with Gasteiger partial charge in [0.2, 0.25) is 0 Å². The van der Waals surface area contributed by atoms with E-state index in [0.717, 1.165) is 55.3 Å². The number of pyridine rings is 1. The highest BCUT2D eigenvalue weighted by Gasteiger charge is 2.25. The number of likely N-dealkylation sites (tertiary alicyclic amines) is 1. The molecule has 2 heterocycles. The first kappa shape index (κ1) is 14.8. The van der Waals surface area contributed by atoms with Crippen LogP contribution in [-0.4, -0.2) is 41.0 Å². The maximum atomic E-state index is 9.01. The lowest BCUT2D eigenvalue weighted by molar-refractivity contribution is 0.218. The molecule has 0 bridgehead atoms. The van der Waals surface area contributed by atoms with Gasteiger partial charge in [0.1, 0.15) is 5.75 Å². The highest BCUT2D eigenvalue weighted by molar-refractivity contribution is 5.87. The SMILES string of the molecule is CCC1CN(Cc2cc(OC)cc(C)n2)CC/C1=N\O. The molecule has 0 saturated carbocycles. The Balaban J connectivity index is 2.05. The molecule has 1 aromatic heterocycles. The van der Waals surface area contributed by atoms with Gasteiger partial charge in [0, 0.05) is 49.8 Å². The van der Waals surface area contributed by atoms with Crippen LogP contribution in [0.1, 0.15) is 31.2 Å². The third-order valence-electron chi connectivity index (χ3n) is 3.86. The quantitative estimate of drug-likeness (QED) is 0.678. The van der Waals surface area contributed by atoms with E-state index in [4.69, 9.17) is 9.94 Å². The van der Waals surface area contributed by atoms with E-state index in [2.05, 4.69) is 22.0 Å². The molecule has 0 amide bonds. The minimum Gasteiger partial charge on any atom is -0.497 e. The number of piperidine rings is 1. The number of hydrogen-bond acceptors (Lipinski definition) is 5. The minimum absolute atomic E-state index is 0.348. The molecule has 2 rings (SSSR count). The molecular formula is C15H23N3O2. The molecule has 0 radical (unpaired) electrons. The number of aryl methyl sites for hydroxylation is 1. The first-order valence-electron chi connectivity index (χ1n) is 7.11. The van der Waals surface area contributed by atoms with Crippen LogP contribution in [-0.2, 0) is 6.54 Å². The average molecular weight is 277 g/mol. The summed E-state index contributed by atoms with van der Waals surface area (Å²) in [7, 11) is 1.68. The lowest BCUT2D eigenvalue weighted by Gasteiger charge is -2.32. The van der Waals surface area contributed by atoms with Crippen molar-refractivity contribution in [3.63, 3.8) is 0 Å². The fourth-order valence-corrected chi connectivity index (χ4v) is 2.76. The van der Waals surface area contributed by atoms with Gasteiger partial charge in [0.05, 0.1) is 18.5 Å². The molecule has 1 aliphatic heterocycles. The van der Waals surface area contributed by atoms with Crippen LogP contribution in [0.25, 0.3) is 0 Å². The molecule has 1 atom stereocenters. The number of methoxy groups -OCH3 is 1. The molecule has 5 nitrogen and oxygen atoms in total. The molecule has 1 aliphatic rings. The molecule has 20 heavy (non-hydrogen) atoms. The van der Waals surface area contributed by atoms with Crippen molar-refractivity contribution in [3.8, 4) is 5.75 Å². The first-order chi connectivity index (χ1) is 9.66. The summed E-state index contributed by atoms with van der Waals surface area (Å²) in [5, 5.41) is 12.5. The number of ether oxygens (including phenoxy) is 1. The highest BCUT2D eigenvalue weighted by Crippen LogP contribution is 2.20. The molecule has 1 aromatic rings. The molecule has 1 fully saturated rings. The zero-order valence-corrected chi connectivity index (χ0v) is 12.5. The topological polar surface area (TPSA) is 58.0 Å². The van der Waals surface area contributed by atoms with Gasteiger partial charge in [-0.05, 0) is 13.3 Å². The Morgan fingerprint density at radius 3 is 2.95 bits per heavy atom. The lowest BCUT2D eigenvalue weighted by Crippen LogP contribution is -2.40. The fraction of sp³-hybridized carbons (Fsp3) is 0.600. The number of aromatic nitrogens is 1. The van der Waals surface area contributed by atoms with Crippen LogP contribution in [0.4, 0.5) is 0 Å². The van der Waals surface area contributed by atoms with E-state index in [1.54, 1.807) is 7.11 Å². The Morgan fingerprint density at radius 2 is 2.30 bits per heavy atom. The smallest absolute Gasteiger partial charge is 0.122 e. The predicted octanol–water partition coefficient (Wildman–Crippen LogP) is 2.46. The van der Waals surface area contributed by atoms with Crippen molar-refractivity contribution in [2.75, 3.05) is 20.2 Å². The van der Waals surface area contributed by atoms with Crippen molar-refractivity contribution in [3.05, 3.63) is 23.5 Å². The second-order valence-electron chi connectivity index (χ2n) is 5.32. The van der Waals surface area contributed by atoms with Crippen LogP contribution in [0, 0.1) is 12.8 Å². The van der Waals surface area contributed by atoms with Gasteiger partial charge >= 0.3 is 0 Å². The van der Waals surface area contributed by atoms with Gasteiger partial charge in [-0.15, -0.1) is 0 Å². The Bertz CT molecular complexity index is 488. The van der Waals surface area contributed by atoms with Crippen LogP contribution < -0.4 is 4.74 Å². The molecule has 0 aliphatic carbocycles. The summed E-state index contributed by atoms with van der Waals surface area (Å²) in [6, 6.07) is 3.93. The standard InChI is InChI=1S/C15H23N3O2/c1-4-12-9-18(6-5-15(12)17-19)10-13-8-14(20-3)7-11(2)16-13/h7-8,12,19H,4-6,9-10H2,1-3H3/b17-15+. The first-order valence-corrected chi connectivity index (χ1v) is 7.11. The van der Waals surface area contributed by atoms with E-state index in [1.165, 1.54) is 0 Å². The van der Waals surface area contributed by atoms with Crippen LogP contribution >= 0.6 is 0 Å². The maximum Gasteiger partial charge on any atom is 0.122 e. The summed E-state index contributed by atoms with van der Waals surface area (Å²) < 4.78 is 5.29. The van der Waals surface area contributed by atoms with Crippen molar-refractivity contribution < 1.29 is 9.94 Å². The molecule has 0 spiro atoms. The molecule has 0 aromatic carbocycles. The summed E-state index contributed by atoms with van der Waals surface area (Å²) in [5.74, 6) is 1.20. The molecule has 1 saturated heterocycles. The van der Waals surface area contributed by atoms with Gasteiger partial charge in [-0.1, -0.05) is 12.1 Å². The monoisotopic (exact) mass is 277 g/mol. The molecule has 1 unspecified atom stereocenters. The number of oxime groups is 1. The van der Waals surface area contributed by atoms with Gasteiger partial charge in [0.15, 0.2) is 0 Å². The Hall–Kier alpha value is -1.62. The lowest BCUT2D eigenvalue weighted by atomic mass is 9.93. The van der Waals surface area contributed by atoms with Crippen LogP contribution in [0.2, 0.25) is 0 Å². The van der Waals surface area contributed by atoms with Crippen molar-refractivity contribution in [1.29, 1.82) is 0 Å². The minimum atomic E-state index is 0.348. The molecule has 5 heteroatoms. The van der Waals surface area contributed by atoms with Gasteiger partial charge in [-0.2, -0.15) is 0 Å². The van der Waals surface area contributed by atoms with Gasteiger partial charge in [-0.3, -0.25) is 9.88 Å². The zero-order valence-electron chi connectivity index (χ0n) is 12.5. The Labute approximate surface area is 120 Å². The largest absolute Gasteiger partial charge is 0.497 e. The highest BCUT2D eigenvalue weighted by atomic mass is 16.5. The van der Waals surface area contributed by atoms with Gasteiger partial charge in [-0.25, -0.2) is 0 Å². The third-order valence-corrected chi connectivity index (χ3v) is 3.86. The predicted molar refractivity (Wildman–Crippen MR) is 78.4 cm³/mol. The van der Waals surface area contributed by atoms with E-state index in [9.17, 15) is 0 Å². The summed E-state index contributed by atoms with van der Waals surface area (Å²) in [4.78, 5) is 6.93. The van der Waals surface area contributed by atoms with E-state index >= 15 is 0 Å². The molecule has 1 N–H and O–H groups in total. The normalized spacial score (nSPS) is 22.1. The summed E-state index contributed by atoms with van der Waals surface area (Å²) in [5.41, 5.74) is 2.93. The van der Waals surface area contributed by atoms with Crippen LogP contribution in [0.3, 0.4) is 0 Å². The van der Waals surface area contributed by atoms with Crippen molar-refractivity contribution in [1.82, 2.24) is 9.88 Å². The van der Waals surface area contributed by atoms with Crippen molar-refractivity contribution in [2.24, 2.45) is 11.1 Å². The molecular weight excluding hydrogens is 254 g/mol. The Kier molecular flexibility index (Phi) is 4.95. The fourth-order valence-electron chi connectivity index (χ4n) is 2.76. The maximum absolute atomic E-state index is 9.01. The zero-order chi connectivity index (χ0) is 14.5. The number of rotatable bonds is 4. The second-order valence-corrected chi connectivity index (χ2v) is 5.32. The summed E-state index contributed by atoms with van der Waals surface area (Å²) in [6.45, 7) is 6.76. The van der Waals surface area contributed by atoms with Crippen LogP contribution in [0.5, 0.6) is 5.75 Å². The Morgan fingerprint density at radius 1 is 1.50 bits per heavy atom.